The highest BCUT2D eigenvalue weighted by Crippen LogP contribution is 2.26. The molecule has 1 aliphatic heterocycles. The number of allylic oxidation sites excluding steroid dienone is 2. The summed E-state index contributed by atoms with van der Waals surface area (Å²) in [6.45, 7) is 19.3. The van der Waals surface area contributed by atoms with Gasteiger partial charge in [0, 0.05) is 80.4 Å². The van der Waals surface area contributed by atoms with Crippen LogP contribution in [0.1, 0.15) is 61.9 Å². The van der Waals surface area contributed by atoms with E-state index in [1.54, 1.807) is 59.0 Å². The molecule has 20 nitrogen and oxygen atoms in total. The number of anilines is 2. The van der Waals surface area contributed by atoms with Crippen molar-refractivity contribution in [3.8, 4) is 11.5 Å². The van der Waals surface area contributed by atoms with Crippen molar-refractivity contribution >= 4 is 73.8 Å². The second-order valence-corrected chi connectivity index (χ2v) is 21.4. The summed E-state index contributed by atoms with van der Waals surface area (Å²) in [6.07, 6.45) is 10.9. The Morgan fingerprint density at radius 2 is 1.51 bits per heavy atom. The number of hydrazone groups is 1. The summed E-state index contributed by atoms with van der Waals surface area (Å²) in [5, 5.41) is 14.5. The normalized spacial score (nSPS) is 13.4. The molecule has 450 valence electrons. The van der Waals surface area contributed by atoms with E-state index in [0.717, 1.165) is 65.9 Å². The minimum atomic E-state index is -0.780. The number of carbonyl (C=O) groups is 4. The van der Waals surface area contributed by atoms with Gasteiger partial charge < -0.3 is 59.8 Å². The number of amides is 5. The third-order valence-electron chi connectivity index (χ3n) is 13.2. The van der Waals surface area contributed by atoms with Gasteiger partial charge in [0.1, 0.15) is 24.1 Å². The first-order valence-electron chi connectivity index (χ1n) is 28.3. The van der Waals surface area contributed by atoms with Crippen molar-refractivity contribution in [1.82, 2.24) is 29.9 Å². The lowest BCUT2D eigenvalue weighted by atomic mass is 10.0. The molecule has 3 aromatic carbocycles. The second kappa shape index (κ2) is 38.9. The summed E-state index contributed by atoms with van der Waals surface area (Å²) in [6, 6.07) is 21.2. The number of hydrogen-bond acceptors (Lipinski definition) is 16. The highest BCUT2D eigenvalue weighted by molar-refractivity contribution is 9.10. The molecule has 1 fully saturated rings. The van der Waals surface area contributed by atoms with Crippen LogP contribution in [0.5, 0.6) is 11.5 Å². The Bertz CT molecular complexity index is 2680. The molecule has 5 rings (SSSR count). The molecule has 1 unspecified atom stereocenters. The van der Waals surface area contributed by atoms with E-state index in [1.807, 2.05) is 67.4 Å². The molecule has 1 aliphatic rings. The molecular formula is C61H84BrN11O9S. The van der Waals surface area contributed by atoms with E-state index in [4.69, 9.17) is 29.5 Å². The maximum Gasteiger partial charge on any atom is 0.325 e. The number of likely N-dealkylation sites (N-methyl/N-ethyl adjacent to an activating group) is 2. The molecule has 1 aromatic heterocycles. The maximum absolute atomic E-state index is 13.8. The third kappa shape index (κ3) is 26.1. The van der Waals surface area contributed by atoms with Gasteiger partial charge in [0.05, 0.1) is 70.6 Å². The minimum Gasteiger partial charge on any atom is -0.494 e. The van der Waals surface area contributed by atoms with E-state index < -0.39 is 12.1 Å². The van der Waals surface area contributed by atoms with Gasteiger partial charge in [-0.2, -0.15) is 5.10 Å². The van der Waals surface area contributed by atoms with Gasteiger partial charge in [-0.25, -0.2) is 9.78 Å². The smallest absolute Gasteiger partial charge is 0.325 e. The number of unbranched alkanes of at least 4 members (excludes halogenated alkanes) is 1. The lowest BCUT2D eigenvalue weighted by molar-refractivity contribution is -0.140. The van der Waals surface area contributed by atoms with Gasteiger partial charge in [-0.1, -0.05) is 78.5 Å². The molecule has 5 N–H and O–H groups in total. The zero-order chi connectivity index (χ0) is 59.4. The Kier molecular flexibility index (Phi) is 31.4. The van der Waals surface area contributed by atoms with Crippen molar-refractivity contribution in [2.24, 2.45) is 15.9 Å². The third-order valence-corrected chi connectivity index (χ3v) is 14.5. The van der Waals surface area contributed by atoms with Crippen molar-refractivity contribution in [1.29, 1.82) is 0 Å². The molecule has 0 aliphatic carbocycles. The molecular weight excluding hydrogens is 1140 g/mol. The van der Waals surface area contributed by atoms with Crippen LogP contribution in [-0.4, -0.2) is 186 Å². The molecule has 2 heterocycles. The van der Waals surface area contributed by atoms with E-state index in [2.05, 4.69) is 77.0 Å². The number of halogens is 1. The molecule has 0 bridgehead atoms. The fraction of sp³-hybridized carbons (Fsp3) is 0.459. The van der Waals surface area contributed by atoms with Crippen LogP contribution in [-0.2, 0) is 41.4 Å². The predicted molar refractivity (Wildman–Crippen MR) is 334 cm³/mol. The SMILES string of the molecule is C=C/C=C(\C=C)CNC(=O)C(c1ccc(Br)cc1)N(CCC)C(=O)CCc1ccc(OCCCCN(C)CCOCCOCC/C(C=NCCOCCOc2ccc(NC(=O)Nc3nc(CC(=O)N4CCN(C)CC4)cs3)cc2)=N/N)cc1. The van der Waals surface area contributed by atoms with Gasteiger partial charge in [0.15, 0.2) is 5.13 Å². The number of nitrogens with zero attached hydrogens (tertiary/aromatic N) is 7. The number of benzene rings is 3. The van der Waals surface area contributed by atoms with Crippen molar-refractivity contribution in [2.75, 3.05) is 136 Å². The second-order valence-electron chi connectivity index (χ2n) is 19.6. The lowest BCUT2D eigenvalue weighted by Gasteiger charge is -2.32. The van der Waals surface area contributed by atoms with Gasteiger partial charge in [0.2, 0.25) is 17.7 Å². The Balaban J connectivity index is 0.834. The number of urea groups is 1. The number of aromatic nitrogens is 1. The van der Waals surface area contributed by atoms with E-state index in [9.17, 15) is 19.2 Å². The van der Waals surface area contributed by atoms with Gasteiger partial charge in [-0.15, -0.1) is 11.3 Å². The Labute approximate surface area is 502 Å². The number of aryl methyl sites for hydroxylation is 1. The summed E-state index contributed by atoms with van der Waals surface area (Å²) < 4.78 is 29.8. The molecule has 1 saturated heterocycles. The molecule has 83 heavy (non-hydrogen) atoms. The average molecular weight is 1230 g/mol. The van der Waals surface area contributed by atoms with Crippen LogP contribution in [0.3, 0.4) is 0 Å². The van der Waals surface area contributed by atoms with Gasteiger partial charge >= 0.3 is 6.03 Å². The highest BCUT2D eigenvalue weighted by atomic mass is 79.9. The lowest BCUT2D eigenvalue weighted by Crippen LogP contribution is -2.47. The topological polar surface area (TPSA) is 227 Å². The Morgan fingerprint density at radius 1 is 0.819 bits per heavy atom. The van der Waals surface area contributed by atoms with E-state index in [-0.39, 0.29) is 37.1 Å². The number of nitrogens with one attached hydrogen (secondary N) is 3. The van der Waals surface area contributed by atoms with E-state index in [1.165, 1.54) is 11.3 Å². The number of hydrogen-bond donors (Lipinski definition) is 4. The zero-order valence-corrected chi connectivity index (χ0v) is 50.8. The van der Waals surface area contributed by atoms with Crippen LogP contribution in [0.2, 0.25) is 0 Å². The summed E-state index contributed by atoms with van der Waals surface area (Å²) >= 11 is 4.76. The molecule has 0 radical (unpaired) electrons. The number of ether oxygens (including phenoxy) is 5. The van der Waals surface area contributed by atoms with Crippen LogP contribution in [0.4, 0.5) is 15.6 Å². The average Bonchev–Trinajstić information content (AvgIpc) is 4.08. The van der Waals surface area contributed by atoms with Gasteiger partial charge in [-0.05, 0) is 112 Å². The van der Waals surface area contributed by atoms with Crippen molar-refractivity contribution in [3.05, 3.63) is 136 Å². The minimum absolute atomic E-state index is 0.0427. The Hall–Kier alpha value is -6.79. The van der Waals surface area contributed by atoms with Crippen molar-refractivity contribution < 1.29 is 42.9 Å². The largest absolute Gasteiger partial charge is 0.494 e. The molecule has 4 aromatic rings. The summed E-state index contributed by atoms with van der Waals surface area (Å²) in [5.41, 5.74) is 4.42. The highest BCUT2D eigenvalue weighted by Gasteiger charge is 2.31. The molecule has 22 heteroatoms. The molecule has 1 atom stereocenters. The van der Waals surface area contributed by atoms with Crippen molar-refractivity contribution in [2.45, 2.75) is 57.9 Å². The number of piperazine rings is 1. The first-order chi connectivity index (χ1) is 40.4. The monoisotopic (exact) mass is 1230 g/mol. The van der Waals surface area contributed by atoms with E-state index in [0.29, 0.717) is 126 Å². The fourth-order valence-corrected chi connectivity index (χ4v) is 9.45. The van der Waals surface area contributed by atoms with Gasteiger partial charge in [-0.3, -0.25) is 24.7 Å². The number of nitrogens with two attached hydrogens (primary N) is 1. The van der Waals surface area contributed by atoms with Gasteiger partial charge in [0.25, 0.3) is 0 Å². The van der Waals surface area contributed by atoms with Crippen LogP contribution in [0, 0.1) is 0 Å². The Morgan fingerprint density at radius 3 is 2.20 bits per heavy atom. The first-order valence-corrected chi connectivity index (χ1v) is 29.9. The molecule has 5 amide bonds. The van der Waals surface area contributed by atoms with Crippen molar-refractivity contribution in [3.63, 3.8) is 0 Å². The number of carbonyl (C=O) groups excluding carboxylic acids is 4. The van der Waals surface area contributed by atoms with E-state index >= 15 is 0 Å². The number of thiazole rings is 1. The van der Waals surface area contributed by atoms with Crippen LogP contribution in [0.25, 0.3) is 0 Å². The fourth-order valence-electron chi connectivity index (χ4n) is 8.48. The molecule has 0 saturated carbocycles. The standard InChI is InChI=1S/C61H84BrN11O9S/c1-6-11-47(8-3)44-65-59(76)58(49-15-17-50(62)18-16-49)73(28-7-2)56(74)25-14-48-12-21-54(22-13-48)81-35-10-9-29-70(4)34-38-80-40-39-78-36-26-52(69-63)45-64-27-37-79-41-42-82-55-23-19-51(20-24-55)66-60(77)68-61-67-53(46-83-61)43-57(75)72-32-30-71(5)31-33-72/h6,8,11-13,15-24,45-46,58H,1,3,7,9-10,14,25-44,63H2,2,4-5H3,(H,65,76)(H2,66,67,68,77)/b47-11+,64-45?,69-52-. The summed E-state index contributed by atoms with van der Waals surface area (Å²) in [4.78, 5) is 69.5. The van der Waals surface area contributed by atoms with Crippen LogP contribution < -0.4 is 31.3 Å². The summed E-state index contributed by atoms with van der Waals surface area (Å²) in [7, 11) is 4.12. The zero-order valence-electron chi connectivity index (χ0n) is 48.4. The predicted octanol–water partition coefficient (Wildman–Crippen LogP) is 8.19. The van der Waals surface area contributed by atoms with Crippen LogP contribution >= 0.6 is 27.3 Å². The molecule has 0 spiro atoms. The van der Waals surface area contributed by atoms with Crippen LogP contribution in [0.15, 0.2) is 130 Å². The summed E-state index contributed by atoms with van der Waals surface area (Å²) in [5.74, 6) is 6.69. The maximum atomic E-state index is 13.8. The first kappa shape index (κ1) is 67.0. The quantitative estimate of drug-likeness (QED) is 0.0109. The number of aliphatic imine (C=N–C) groups is 1. The number of rotatable bonds is 39.